The molecule has 0 aromatic carbocycles. The van der Waals surface area contributed by atoms with Crippen LogP contribution in [0.1, 0.15) is 27.2 Å². The minimum atomic E-state index is -3.56. The van der Waals surface area contributed by atoms with E-state index in [9.17, 15) is 8.42 Å². The fourth-order valence-electron chi connectivity index (χ4n) is 1.58. The van der Waals surface area contributed by atoms with E-state index in [-0.39, 0.29) is 16.8 Å². The van der Waals surface area contributed by atoms with Crippen molar-refractivity contribution < 1.29 is 8.42 Å². The van der Waals surface area contributed by atoms with Crippen molar-refractivity contribution in [1.29, 1.82) is 0 Å². The third-order valence-electron chi connectivity index (χ3n) is 2.10. The van der Waals surface area contributed by atoms with Crippen molar-refractivity contribution in [3.05, 3.63) is 6.20 Å². The first-order valence-electron chi connectivity index (χ1n) is 5.14. The minimum absolute atomic E-state index is 0.00288. The lowest BCUT2D eigenvalue weighted by molar-refractivity contribution is 0.482. The molecule has 1 rings (SSSR count). The summed E-state index contributed by atoms with van der Waals surface area (Å²) in [5.41, 5.74) is 5.47. The number of hydrogen-bond acceptors (Lipinski definition) is 4. The third-order valence-corrected chi connectivity index (χ3v) is 3.72. The van der Waals surface area contributed by atoms with E-state index >= 15 is 0 Å². The number of aromatic amines is 1. The van der Waals surface area contributed by atoms with E-state index in [1.807, 2.05) is 20.8 Å². The predicted molar refractivity (Wildman–Crippen MR) is 62.2 cm³/mol. The van der Waals surface area contributed by atoms with Gasteiger partial charge in [-0.25, -0.2) is 13.1 Å². The highest BCUT2D eigenvalue weighted by Gasteiger charge is 2.21. The molecule has 0 aliphatic heterocycles. The lowest BCUT2D eigenvalue weighted by atomic mass is 10.1. The number of sulfonamides is 1. The Bertz CT molecular complexity index is 438. The van der Waals surface area contributed by atoms with Crippen molar-refractivity contribution in [1.82, 2.24) is 14.9 Å². The number of nitrogens with two attached hydrogens (primary N) is 1. The summed E-state index contributed by atoms with van der Waals surface area (Å²) < 4.78 is 26.3. The van der Waals surface area contributed by atoms with Crippen molar-refractivity contribution in [3.63, 3.8) is 0 Å². The van der Waals surface area contributed by atoms with E-state index in [0.717, 1.165) is 6.42 Å². The van der Waals surface area contributed by atoms with Crippen molar-refractivity contribution in [2.75, 3.05) is 5.73 Å². The monoisotopic (exact) mass is 246 g/mol. The van der Waals surface area contributed by atoms with Crippen LogP contribution in [0.25, 0.3) is 0 Å². The highest BCUT2D eigenvalue weighted by molar-refractivity contribution is 7.89. The van der Waals surface area contributed by atoms with Gasteiger partial charge in [-0.15, -0.1) is 0 Å². The van der Waals surface area contributed by atoms with E-state index in [0.29, 0.717) is 5.92 Å². The second kappa shape index (κ2) is 4.84. The number of nitrogens with zero attached hydrogens (tertiary/aromatic N) is 1. The zero-order valence-corrected chi connectivity index (χ0v) is 10.5. The van der Waals surface area contributed by atoms with E-state index < -0.39 is 10.0 Å². The van der Waals surface area contributed by atoms with E-state index in [1.54, 1.807) is 0 Å². The van der Waals surface area contributed by atoms with Gasteiger partial charge in [0.25, 0.3) is 0 Å². The molecule has 92 valence electrons. The summed E-state index contributed by atoms with van der Waals surface area (Å²) >= 11 is 0. The van der Waals surface area contributed by atoms with Gasteiger partial charge in [0.2, 0.25) is 10.0 Å². The quantitative estimate of drug-likeness (QED) is 0.712. The lowest BCUT2D eigenvalue weighted by Crippen LogP contribution is -2.33. The number of nitrogen functional groups attached to an aromatic ring is 1. The first kappa shape index (κ1) is 13.0. The number of aromatic nitrogens is 2. The van der Waals surface area contributed by atoms with Gasteiger partial charge in [-0.1, -0.05) is 13.8 Å². The van der Waals surface area contributed by atoms with Gasteiger partial charge in [0.15, 0.2) is 0 Å². The number of anilines is 1. The van der Waals surface area contributed by atoms with Crippen LogP contribution in [0.5, 0.6) is 0 Å². The second-order valence-electron chi connectivity index (χ2n) is 4.30. The predicted octanol–water partition coefficient (Wildman–Crippen LogP) is 0.705. The maximum absolute atomic E-state index is 11.9. The summed E-state index contributed by atoms with van der Waals surface area (Å²) in [6, 6.07) is -0.126. The lowest BCUT2D eigenvalue weighted by Gasteiger charge is -2.15. The summed E-state index contributed by atoms with van der Waals surface area (Å²) in [4.78, 5) is 0.00288. The Morgan fingerprint density at radius 3 is 2.56 bits per heavy atom. The molecule has 0 saturated carbocycles. The molecule has 1 aromatic rings. The molecular weight excluding hydrogens is 228 g/mol. The van der Waals surface area contributed by atoms with Gasteiger partial charge in [-0.3, -0.25) is 5.10 Å². The molecule has 0 aliphatic rings. The summed E-state index contributed by atoms with van der Waals surface area (Å²) in [5.74, 6) is 0.489. The normalized spacial score (nSPS) is 14.2. The van der Waals surface area contributed by atoms with E-state index in [1.165, 1.54) is 6.20 Å². The number of hydrogen-bond donors (Lipinski definition) is 3. The Labute approximate surface area is 95.7 Å². The highest BCUT2D eigenvalue weighted by atomic mass is 32.2. The molecule has 1 unspecified atom stereocenters. The topological polar surface area (TPSA) is 101 Å². The highest BCUT2D eigenvalue weighted by Crippen LogP contribution is 2.15. The summed E-state index contributed by atoms with van der Waals surface area (Å²) in [6.07, 6.45) is 1.98. The van der Waals surface area contributed by atoms with Gasteiger partial charge in [-0.05, 0) is 19.3 Å². The van der Waals surface area contributed by atoms with Crippen molar-refractivity contribution in [2.45, 2.75) is 38.1 Å². The molecular formula is C9H18N4O2S. The maximum atomic E-state index is 11.9. The Morgan fingerprint density at radius 2 is 2.12 bits per heavy atom. The fourth-order valence-corrected chi connectivity index (χ4v) is 2.86. The average molecular weight is 246 g/mol. The molecule has 1 atom stereocenters. The Morgan fingerprint density at radius 1 is 1.50 bits per heavy atom. The molecule has 1 heterocycles. The number of rotatable bonds is 5. The third kappa shape index (κ3) is 3.21. The first-order valence-corrected chi connectivity index (χ1v) is 6.62. The maximum Gasteiger partial charge on any atom is 0.246 e. The summed E-state index contributed by atoms with van der Waals surface area (Å²) in [7, 11) is -3.56. The van der Waals surface area contributed by atoms with Crippen LogP contribution < -0.4 is 10.5 Å². The average Bonchev–Trinajstić information content (AvgIpc) is 2.48. The fraction of sp³-hybridized carbons (Fsp3) is 0.667. The summed E-state index contributed by atoms with van der Waals surface area (Å²) in [6.45, 7) is 5.90. The second-order valence-corrected chi connectivity index (χ2v) is 5.98. The molecule has 0 aliphatic carbocycles. The van der Waals surface area contributed by atoms with Crippen LogP contribution in [0.4, 0.5) is 5.82 Å². The Hall–Kier alpha value is -1.08. The van der Waals surface area contributed by atoms with Crippen molar-refractivity contribution in [3.8, 4) is 0 Å². The SMILES string of the molecule is CC(C)CC(C)NS(=O)(=O)c1cn[nH]c1N. The van der Waals surface area contributed by atoms with Crippen LogP contribution >= 0.6 is 0 Å². The van der Waals surface area contributed by atoms with Gasteiger partial charge in [0, 0.05) is 6.04 Å². The van der Waals surface area contributed by atoms with Gasteiger partial charge < -0.3 is 5.73 Å². The number of nitrogens with one attached hydrogen (secondary N) is 2. The van der Waals surface area contributed by atoms with Crippen LogP contribution in [0.15, 0.2) is 11.1 Å². The molecule has 0 saturated heterocycles. The molecule has 0 spiro atoms. The molecule has 7 heteroatoms. The molecule has 0 radical (unpaired) electrons. The molecule has 0 fully saturated rings. The molecule has 6 nitrogen and oxygen atoms in total. The zero-order chi connectivity index (χ0) is 12.3. The summed E-state index contributed by atoms with van der Waals surface area (Å²) in [5, 5.41) is 5.98. The van der Waals surface area contributed by atoms with E-state index in [2.05, 4.69) is 14.9 Å². The first-order chi connectivity index (χ1) is 7.33. The van der Waals surface area contributed by atoms with Crippen LogP contribution in [0.3, 0.4) is 0 Å². The van der Waals surface area contributed by atoms with Crippen molar-refractivity contribution in [2.24, 2.45) is 5.92 Å². The smallest absolute Gasteiger partial charge is 0.246 e. The molecule has 1 aromatic heterocycles. The molecule has 16 heavy (non-hydrogen) atoms. The van der Waals surface area contributed by atoms with Crippen LogP contribution in [-0.4, -0.2) is 24.7 Å². The number of H-pyrrole nitrogens is 1. The standard InChI is InChI=1S/C9H18N4O2S/c1-6(2)4-7(3)13-16(14,15)8-5-11-12-9(8)10/h5-7,13H,4H2,1-3H3,(H3,10,11,12). The van der Waals surface area contributed by atoms with Gasteiger partial charge in [-0.2, -0.15) is 5.10 Å². The van der Waals surface area contributed by atoms with Gasteiger partial charge >= 0.3 is 0 Å². The van der Waals surface area contributed by atoms with Gasteiger partial charge in [0.1, 0.15) is 10.7 Å². The van der Waals surface area contributed by atoms with E-state index in [4.69, 9.17) is 5.73 Å². The van der Waals surface area contributed by atoms with Crippen LogP contribution in [-0.2, 0) is 10.0 Å². The van der Waals surface area contributed by atoms with Crippen LogP contribution in [0.2, 0.25) is 0 Å². The molecule has 4 N–H and O–H groups in total. The zero-order valence-electron chi connectivity index (χ0n) is 9.69. The van der Waals surface area contributed by atoms with Gasteiger partial charge in [0.05, 0.1) is 6.20 Å². The van der Waals surface area contributed by atoms with Crippen LogP contribution in [0, 0.1) is 5.92 Å². The molecule has 0 amide bonds. The molecule has 0 bridgehead atoms. The Balaban J connectivity index is 2.77. The Kier molecular flexibility index (Phi) is 3.93. The van der Waals surface area contributed by atoms with Crippen molar-refractivity contribution >= 4 is 15.8 Å². The largest absolute Gasteiger partial charge is 0.383 e. The minimum Gasteiger partial charge on any atom is -0.383 e.